The van der Waals surface area contributed by atoms with Crippen molar-refractivity contribution in [2.45, 2.75) is 37.5 Å². The predicted octanol–water partition coefficient (Wildman–Crippen LogP) is 3.40. The van der Waals surface area contributed by atoms with Gasteiger partial charge in [0.05, 0.1) is 4.92 Å². The van der Waals surface area contributed by atoms with Crippen molar-refractivity contribution in [3.8, 4) is 0 Å². The van der Waals surface area contributed by atoms with Crippen LogP contribution in [0.25, 0.3) is 0 Å². The highest BCUT2D eigenvalue weighted by molar-refractivity contribution is 9.10. The van der Waals surface area contributed by atoms with Crippen molar-refractivity contribution in [3.63, 3.8) is 0 Å². The number of aromatic nitrogens is 3. The van der Waals surface area contributed by atoms with E-state index in [4.69, 9.17) is 4.52 Å². The Hall–Kier alpha value is -2.03. The molecule has 0 aromatic carbocycles. The Morgan fingerprint density at radius 3 is 2.67 bits per heavy atom. The summed E-state index contributed by atoms with van der Waals surface area (Å²) in [5.74, 6) is 2.66. The second-order valence-corrected chi connectivity index (χ2v) is 7.20. The minimum atomic E-state index is -0.389. The summed E-state index contributed by atoms with van der Waals surface area (Å²) < 4.78 is 5.94. The fourth-order valence-corrected chi connectivity index (χ4v) is 3.38. The number of nitrogens with zero attached hydrogens (tertiary/aromatic N) is 5. The topological polar surface area (TPSA) is 98.2 Å². The number of hydrogen-bond donors (Lipinski definition) is 0. The summed E-state index contributed by atoms with van der Waals surface area (Å²) in [7, 11) is 0. The lowest BCUT2D eigenvalue weighted by atomic mass is 9.96. The van der Waals surface area contributed by atoms with E-state index < -0.39 is 0 Å². The third kappa shape index (κ3) is 3.00. The van der Waals surface area contributed by atoms with E-state index >= 15 is 0 Å². The average molecular weight is 394 g/mol. The van der Waals surface area contributed by atoms with E-state index in [1.807, 2.05) is 4.90 Å². The highest BCUT2D eigenvalue weighted by Crippen LogP contribution is 2.40. The van der Waals surface area contributed by atoms with Crippen LogP contribution in [0.4, 0.5) is 11.5 Å². The summed E-state index contributed by atoms with van der Waals surface area (Å²) in [5.41, 5.74) is 0.0263. The molecule has 0 bridgehead atoms. The van der Waals surface area contributed by atoms with E-state index in [2.05, 4.69) is 31.1 Å². The fourth-order valence-electron chi connectivity index (χ4n) is 3.06. The molecular formula is C15H16BrN5O3. The molecule has 0 N–H and O–H groups in total. The summed E-state index contributed by atoms with van der Waals surface area (Å²) in [6, 6.07) is 1.50. The molecule has 9 heteroatoms. The van der Waals surface area contributed by atoms with Crippen LogP contribution >= 0.6 is 15.9 Å². The van der Waals surface area contributed by atoms with Gasteiger partial charge in [-0.15, -0.1) is 0 Å². The Morgan fingerprint density at radius 2 is 2.00 bits per heavy atom. The maximum Gasteiger partial charge on any atom is 0.312 e. The Bertz CT molecular complexity index is 768. The Morgan fingerprint density at radius 1 is 1.25 bits per heavy atom. The SMILES string of the molecule is O=[N+]([O-])c1cc(Br)cnc1N1CCC(c2noc(C3CC3)n2)CC1. The minimum absolute atomic E-state index is 0.0263. The molecule has 0 atom stereocenters. The van der Waals surface area contributed by atoms with Crippen molar-refractivity contribution in [1.29, 1.82) is 0 Å². The lowest BCUT2D eigenvalue weighted by Crippen LogP contribution is -2.34. The highest BCUT2D eigenvalue weighted by Gasteiger charge is 2.33. The average Bonchev–Trinajstić information content (AvgIpc) is 3.32. The molecule has 2 aliphatic rings. The van der Waals surface area contributed by atoms with E-state index in [0.29, 0.717) is 29.3 Å². The van der Waals surface area contributed by atoms with Crippen LogP contribution in [0, 0.1) is 10.1 Å². The summed E-state index contributed by atoms with van der Waals surface area (Å²) >= 11 is 3.24. The highest BCUT2D eigenvalue weighted by atomic mass is 79.9. The van der Waals surface area contributed by atoms with Crippen LogP contribution in [0.15, 0.2) is 21.3 Å². The molecular weight excluding hydrogens is 378 g/mol. The number of rotatable bonds is 4. The largest absolute Gasteiger partial charge is 0.351 e. The van der Waals surface area contributed by atoms with Gasteiger partial charge in [-0.25, -0.2) is 4.98 Å². The van der Waals surface area contributed by atoms with E-state index in [9.17, 15) is 10.1 Å². The van der Waals surface area contributed by atoms with Crippen LogP contribution in [-0.2, 0) is 0 Å². The monoisotopic (exact) mass is 393 g/mol. The summed E-state index contributed by atoms with van der Waals surface area (Å²) in [6.45, 7) is 1.38. The molecule has 0 spiro atoms. The van der Waals surface area contributed by atoms with Crippen molar-refractivity contribution in [2.24, 2.45) is 0 Å². The third-order valence-corrected chi connectivity index (χ3v) is 4.99. The van der Waals surface area contributed by atoms with Crippen LogP contribution in [0.3, 0.4) is 0 Å². The maximum atomic E-state index is 11.3. The molecule has 0 unspecified atom stereocenters. The van der Waals surface area contributed by atoms with Gasteiger partial charge < -0.3 is 9.42 Å². The molecule has 0 radical (unpaired) electrons. The summed E-state index contributed by atoms with van der Waals surface area (Å²) in [5, 5.41) is 15.4. The van der Waals surface area contributed by atoms with Crippen LogP contribution in [-0.4, -0.2) is 33.1 Å². The second kappa shape index (κ2) is 6.12. The third-order valence-electron chi connectivity index (χ3n) is 4.55. The van der Waals surface area contributed by atoms with Crippen molar-refractivity contribution < 1.29 is 9.45 Å². The molecule has 1 saturated carbocycles. The van der Waals surface area contributed by atoms with E-state index in [-0.39, 0.29) is 16.5 Å². The molecule has 2 fully saturated rings. The van der Waals surface area contributed by atoms with Crippen molar-refractivity contribution in [2.75, 3.05) is 18.0 Å². The van der Waals surface area contributed by atoms with Crippen LogP contribution in [0.2, 0.25) is 0 Å². The lowest BCUT2D eigenvalue weighted by molar-refractivity contribution is -0.384. The molecule has 2 aromatic heterocycles. The molecule has 8 nitrogen and oxygen atoms in total. The molecule has 1 aliphatic carbocycles. The molecule has 126 valence electrons. The number of piperidine rings is 1. The number of hydrogen-bond acceptors (Lipinski definition) is 7. The molecule has 0 amide bonds. The van der Waals surface area contributed by atoms with Crippen molar-refractivity contribution in [1.82, 2.24) is 15.1 Å². The van der Waals surface area contributed by atoms with Gasteiger partial charge in [0.1, 0.15) is 0 Å². The number of pyridine rings is 1. The normalized spacial score (nSPS) is 18.8. The molecule has 24 heavy (non-hydrogen) atoms. The van der Waals surface area contributed by atoms with Gasteiger partial charge in [0, 0.05) is 41.7 Å². The van der Waals surface area contributed by atoms with Crippen LogP contribution < -0.4 is 4.90 Å². The number of nitro groups is 1. The minimum Gasteiger partial charge on any atom is -0.351 e. The standard InChI is InChI=1S/C15H16BrN5O3/c16-11-7-12(21(22)23)14(17-8-11)20-5-3-9(4-6-20)13-18-15(24-19-13)10-1-2-10/h7-10H,1-6H2. The lowest BCUT2D eigenvalue weighted by Gasteiger charge is -2.31. The smallest absolute Gasteiger partial charge is 0.312 e. The molecule has 1 saturated heterocycles. The summed E-state index contributed by atoms with van der Waals surface area (Å²) in [6.07, 6.45) is 5.53. The van der Waals surface area contributed by atoms with Crippen LogP contribution in [0.1, 0.15) is 49.2 Å². The molecule has 3 heterocycles. The van der Waals surface area contributed by atoms with Gasteiger partial charge in [0.25, 0.3) is 0 Å². The van der Waals surface area contributed by atoms with Crippen molar-refractivity contribution >= 4 is 27.4 Å². The Kier molecular flexibility index (Phi) is 3.95. The zero-order valence-electron chi connectivity index (χ0n) is 12.9. The van der Waals surface area contributed by atoms with E-state index in [1.165, 1.54) is 6.07 Å². The van der Waals surface area contributed by atoms with Gasteiger partial charge in [-0.1, -0.05) is 5.16 Å². The fraction of sp³-hybridized carbons (Fsp3) is 0.533. The summed E-state index contributed by atoms with van der Waals surface area (Å²) in [4.78, 5) is 21.6. The molecule has 2 aromatic rings. The molecule has 1 aliphatic heterocycles. The second-order valence-electron chi connectivity index (χ2n) is 6.28. The van der Waals surface area contributed by atoms with Crippen molar-refractivity contribution in [3.05, 3.63) is 38.6 Å². The van der Waals surface area contributed by atoms with Gasteiger partial charge in [-0.2, -0.15) is 4.98 Å². The number of anilines is 1. The van der Waals surface area contributed by atoms with E-state index in [1.54, 1.807) is 6.20 Å². The quantitative estimate of drug-likeness (QED) is 0.579. The molecule has 4 rings (SSSR count). The Labute approximate surface area is 146 Å². The first kappa shape index (κ1) is 15.5. The first-order valence-corrected chi connectivity index (χ1v) is 8.79. The van der Waals surface area contributed by atoms with Gasteiger partial charge in [-0.05, 0) is 41.6 Å². The Balaban J connectivity index is 1.46. The maximum absolute atomic E-state index is 11.3. The predicted molar refractivity (Wildman–Crippen MR) is 89.1 cm³/mol. The van der Waals surface area contributed by atoms with Crippen LogP contribution in [0.5, 0.6) is 0 Å². The van der Waals surface area contributed by atoms with Gasteiger partial charge in [-0.3, -0.25) is 10.1 Å². The van der Waals surface area contributed by atoms with Gasteiger partial charge in [0.15, 0.2) is 5.82 Å². The van der Waals surface area contributed by atoms with E-state index in [0.717, 1.165) is 37.4 Å². The van der Waals surface area contributed by atoms with Gasteiger partial charge in [0.2, 0.25) is 11.7 Å². The van der Waals surface area contributed by atoms with Gasteiger partial charge >= 0.3 is 5.69 Å². The zero-order chi connectivity index (χ0) is 16.7. The number of halogens is 1. The first-order chi connectivity index (χ1) is 11.6. The first-order valence-electron chi connectivity index (χ1n) is 8.00. The zero-order valence-corrected chi connectivity index (χ0v) is 14.5.